The van der Waals surface area contributed by atoms with E-state index in [2.05, 4.69) is 15.5 Å². The fraction of sp³-hybridized carbons (Fsp3) is 0.250. The van der Waals surface area contributed by atoms with Gasteiger partial charge < -0.3 is 5.32 Å². The molecule has 14 heteroatoms. The number of nitrogens with one attached hydrogen (secondary N) is 1. The molecular formula is C24H24F5N5O2S2. The maximum Gasteiger partial charge on any atom is 0.310 e. The predicted octanol–water partition coefficient (Wildman–Crippen LogP) is 6.63. The molecule has 1 fully saturated rings. The molecule has 1 N–H and O–H groups in total. The van der Waals surface area contributed by atoms with Gasteiger partial charge in [-0.25, -0.2) is 8.42 Å². The molecule has 0 spiro atoms. The second-order valence-electron chi connectivity index (χ2n) is 9.23. The molecule has 7 nitrogen and oxygen atoms in total. The molecule has 1 aliphatic heterocycles. The van der Waals surface area contributed by atoms with E-state index >= 15 is 0 Å². The summed E-state index contributed by atoms with van der Waals surface area (Å²) in [6.45, 7) is 2.24. The van der Waals surface area contributed by atoms with Gasteiger partial charge in [-0.3, -0.25) is 4.40 Å². The van der Waals surface area contributed by atoms with Gasteiger partial charge in [-0.15, -0.1) is 10.2 Å². The number of pyridine rings is 1. The predicted molar refractivity (Wildman–Crippen MR) is 136 cm³/mol. The van der Waals surface area contributed by atoms with Gasteiger partial charge in [0.25, 0.3) is 0 Å². The standard InChI is InChI=1S/C24H24F5N5O2S2/c1-17-31-32-24-11-4-19(16-34(17)24)18-2-7-22(8-3-18)37(35,36)33-14-12-21(13-15-33)30-20-5-9-23(10-6-20)38(25,26,27,28)29/h2-11,16,21,30H,12-15H2,1H3. The first-order valence-corrected chi connectivity index (χ1v) is 15.0. The van der Waals surface area contributed by atoms with Crippen molar-refractivity contribution in [2.45, 2.75) is 35.6 Å². The van der Waals surface area contributed by atoms with Crippen LogP contribution in [0.1, 0.15) is 18.7 Å². The number of hydrogen-bond acceptors (Lipinski definition) is 5. The Labute approximate surface area is 216 Å². The van der Waals surface area contributed by atoms with E-state index in [1.54, 1.807) is 24.3 Å². The number of rotatable bonds is 6. The number of anilines is 1. The highest BCUT2D eigenvalue weighted by Crippen LogP contribution is 3.02. The molecule has 0 bridgehead atoms. The lowest BCUT2D eigenvalue weighted by Gasteiger charge is -2.40. The third kappa shape index (κ3) is 5.33. The largest absolute Gasteiger partial charge is 0.382 e. The van der Waals surface area contributed by atoms with Crippen molar-refractivity contribution in [3.8, 4) is 11.1 Å². The van der Waals surface area contributed by atoms with Crippen molar-refractivity contribution in [2.24, 2.45) is 0 Å². The van der Waals surface area contributed by atoms with E-state index < -0.39 is 25.1 Å². The molecule has 0 amide bonds. The van der Waals surface area contributed by atoms with E-state index in [0.29, 0.717) is 30.6 Å². The van der Waals surface area contributed by atoms with E-state index in [0.717, 1.165) is 29.1 Å². The summed E-state index contributed by atoms with van der Waals surface area (Å²) in [6, 6.07) is 12.7. The number of fused-ring (bicyclic) bond motifs is 1. The van der Waals surface area contributed by atoms with Gasteiger partial charge in [0.1, 0.15) is 10.7 Å². The second kappa shape index (κ2) is 8.38. The van der Waals surface area contributed by atoms with Crippen LogP contribution in [0, 0.1) is 6.92 Å². The lowest BCUT2D eigenvalue weighted by molar-refractivity contribution is 0.330. The van der Waals surface area contributed by atoms with Crippen molar-refractivity contribution in [1.82, 2.24) is 18.9 Å². The maximum atomic E-state index is 13.2. The Morgan fingerprint density at radius 1 is 0.842 bits per heavy atom. The summed E-state index contributed by atoms with van der Waals surface area (Å²) in [5.41, 5.74) is 2.68. The molecule has 2 aromatic heterocycles. The van der Waals surface area contributed by atoms with E-state index in [4.69, 9.17) is 0 Å². The average molecular weight is 574 g/mol. The summed E-state index contributed by atoms with van der Waals surface area (Å²) in [5, 5.41) is 11.1. The number of benzene rings is 2. The quantitative estimate of drug-likeness (QED) is 0.262. The van der Waals surface area contributed by atoms with Crippen molar-refractivity contribution in [3.63, 3.8) is 0 Å². The van der Waals surface area contributed by atoms with Crippen LogP contribution in [0.3, 0.4) is 0 Å². The van der Waals surface area contributed by atoms with Crippen LogP contribution >= 0.6 is 10.2 Å². The fourth-order valence-electron chi connectivity index (χ4n) is 4.43. The van der Waals surface area contributed by atoms with Crippen LogP contribution in [0.25, 0.3) is 16.8 Å². The first-order chi connectivity index (χ1) is 17.6. The molecule has 5 rings (SSSR count). The first-order valence-electron chi connectivity index (χ1n) is 11.6. The van der Waals surface area contributed by atoms with Gasteiger partial charge in [0, 0.05) is 31.0 Å². The molecule has 204 valence electrons. The van der Waals surface area contributed by atoms with Gasteiger partial charge in [-0.1, -0.05) is 31.6 Å². The van der Waals surface area contributed by atoms with Gasteiger partial charge in [0.2, 0.25) is 10.0 Å². The summed E-state index contributed by atoms with van der Waals surface area (Å²) >= 11 is 0. The van der Waals surface area contributed by atoms with E-state index in [-0.39, 0.29) is 29.7 Å². The summed E-state index contributed by atoms with van der Waals surface area (Å²) in [6.07, 6.45) is 2.69. The molecule has 0 atom stereocenters. The monoisotopic (exact) mass is 573 g/mol. The van der Waals surface area contributed by atoms with E-state index in [1.165, 1.54) is 4.31 Å². The summed E-state index contributed by atoms with van der Waals surface area (Å²) in [7, 11) is -13.5. The lowest BCUT2D eigenvalue weighted by Crippen LogP contribution is -2.42. The molecule has 0 saturated carbocycles. The highest BCUT2D eigenvalue weighted by atomic mass is 32.5. The summed E-state index contributed by atoms with van der Waals surface area (Å²) in [4.78, 5) is -1.79. The average Bonchev–Trinajstić information content (AvgIpc) is 3.23. The zero-order valence-electron chi connectivity index (χ0n) is 20.1. The number of aryl methyl sites for hydroxylation is 1. The summed E-state index contributed by atoms with van der Waals surface area (Å²) in [5.74, 6) is 0.736. The number of sulfonamides is 1. The van der Waals surface area contributed by atoms with Gasteiger partial charge in [-0.2, -0.15) is 4.31 Å². The van der Waals surface area contributed by atoms with Crippen molar-refractivity contribution in [1.29, 1.82) is 0 Å². The molecule has 2 aromatic carbocycles. The molecule has 0 radical (unpaired) electrons. The Bertz CT molecular complexity index is 1600. The van der Waals surface area contributed by atoms with Crippen LogP contribution in [0.15, 0.2) is 76.7 Å². The zero-order chi connectivity index (χ0) is 27.4. The Kier molecular flexibility index (Phi) is 5.82. The summed E-state index contributed by atoms with van der Waals surface area (Å²) < 4.78 is 94.1. The minimum atomic E-state index is -9.72. The Morgan fingerprint density at radius 2 is 1.45 bits per heavy atom. The third-order valence-electron chi connectivity index (χ3n) is 6.52. The highest BCUT2D eigenvalue weighted by molar-refractivity contribution is 8.45. The van der Waals surface area contributed by atoms with Gasteiger partial charge >= 0.3 is 10.2 Å². The Morgan fingerprint density at radius 3 is 2.05 bits per heavy atom. The normalized spacial score (nSPS) is 17.7. The number of hydrogen-bond donors (Lipinski definition) is 1. The number of aromatic nitrogens is 3. The van der Waals surface area contributed by atoms with Gasteiger partial charge in [-0.05, 0) is 79.4 Å². The molecule has 0 unspecified atom stereocenters. The van der Waals surface area contributed by atoms with Crippen molar-refractivity contribution < 1.29 is 27.8 Å². The molecule has 1 aliphatic rings. The smallest absolute Gasteiger partial charge is 0.310 e. The SMILES string of the molecule is Cc1nnc2ccc(-c3ccc(S(=O)(=O)N4CCC(Nc5ccc(S(F)(F)(F)(F)F)cc5)CC4)cc3)cn12. The zero-order valence-corrected chi connectivity index (χ0v) is 21.7. The van der Waals surface area contributed by atoms with Gasteiger partial charge in [0.15, 0.2) is 5.65 Å². The Balaban J connectivity index is 1.23. The number of halogens is 5. The topological polar surface area (TPSA) is 79.6 Å². The Hall–Kier alpha value is -3.23. The van der Waals surface area contributed by atoms with Crippen LogP contribution in [0.5, 0.6) is 0 Å². The van der Waals surface area contributed by atoms with E-state index in [1.807, 2.05) is 29.7 Å². The third-order valence-corrected chi connectivity index (χ3v) is 9.60. The molecule has 38 heavy (non-hydrogen) atoms. The second-order valence-corrected chi connectivity index (χ2v) is 13.6. The van der Waals surface area contributed by atoms with Crippen LogP contribution in [0.2, 0.25) is 0 Å². The van der Waals surface area contributed by atoms with Gasteiger partial charge in [0.05, 0.1) is 4.90 Å². The minimum Gasteiger partial charge on any atom is -0.382 e. The van der Waals surface area contributed by atoms with Crippen molar-refractivity contribution >= 4 is 31.6 Å². The van der Waals surface area contributed by atoms with Crippen LogP contribution in [0.4, 0.5) is 25.1 Å². The van der Waals surface area contributed by atoms with Crippen LogP contribution in [-0.2, 0) is 10.0 Å². The first kappa shape index (κ1) is 26.4. The molecule has 0 aliphatic carbocycles. The fourth-order valence-corrected chi connectivity index (χ4v) is 6.55. The number of nitrogens with zero attached hydrogens (tertiary/aromatic N) is 4. The minimum absolute atomic E-state index is 0.154. The van der Waals surface area contributed by atoms with E-state index in [9.17, 15) is 27.8 Å². The van der Waals surface area contributed by atoms with Crippen molar-refractivity contribution in [3.05, 3.63) is 72.7 Å². The molecule has 3 heterocycles. The number of piperidine rings is 1. The molecular weight excluding hydrogens is 549 g/mol. The van der Waals surface area contributed by atoms with Crippen LogP contribution < -0.4 is 5.32 Å². The molecule has 4 aromatic rings. The maximum absolute atomic E-state index is 13.2. The molecule has 1 saturated heterocycles. The highest BCUT2D eigenvalue weighted by Gasteiger charge is 2.65. The van der Waals surface area contributed by atoms with Crippen LogP contribution in [-0.4, -0.2) is 46.5 Å². The lowest BCUT2D eigenvalue weighted by atomic mass is 10.1. The van der Waals surface area contributed by atoms with Crippen molar-refractivity contribution in [2.75, 3.05) is 18.4 Å².